The van der Waals surface area contributed by atoms with Crippen LogP contribution in [-0.2, 0) is 4.79 Å². The molecule has 0 saturated carbocycles. The fraction of sp³-hybridized carbons (Fsp3) is 0.125. The van der Waals surface area contributed by atoms with Gasteiger partial charge in [-0.1, -0.05) is 34.8 Å². The molecular formula is C16H13Cl3N2O4. The van der Waals surface area contributed by atoms with Crippen molar-refractivity contribution in [3.8, 4) is 17.2 Å². The van der Waals surface area contributed by atoms with Crippen LogP contribution in [0.2, 0.25) is 15.1 Å². The number of nitrogens with one attached hydrogen (secondary N) is 1. The summed E-state index contributed by atoms with van der Waals surface area (Å²) in [7, 11) is 1.40. The molecule has 0 saturated heterocycles. The van der Waals surface area contributed by atoms with Gasteiger partial charge in [0, 0.05) is 21.7 Å². The molecule has 1 amide bonds. The molecule has 0 atom stereocenters. The molecular weight excluding hydrogens is 391 g/mol. The zero-order chi connectivity index (χ0) is 18.4. The van der Waals surface area contributed by atoms with Gasteiger partial charge in [0.1, 0.15) is 5.75 Å². The first-order valence-electron chi connectivity index (χ1n) is 6.87. The Morgan fingerprint density at radius 3 is 2.64 bits per heavy atom. The largest absolute Gasteiger partial charge is 0.504 e. The normalized spacial score (nSPS) is 10.7. The van der Waals surface area contributed by atoms with Gasteiger partial charge < -0.3 is 14.6 Å². The van der Waals surface area contributed by atoms with E-state index in [0.29, 0.717) is 20.8 Å². The number of phenolic OH excluding ortho intramolecular Hbond substituents is 1. The van der Waals surface area contributed by atoms with E-state index in [2.05, 4.69) is 10.5 Å². The lowest BCUT2D eigenvalue weighted by atomic mass is 10.2. The molecule has 6 nitrogen and oxygen atoms in total. The summed E-state index contributed by atoms with van der Waals surface area (Å²) in [4.78, 5) is 11.7. The summed E-state index contributed by atoms with van der Waals surface area (Å²) in [5.74, 6) is -0.145. The lowest BCUT2D eigenvalue weighted by Gasteiger charge is -2.08. The van der Waals surface area contributed by atoms with Crippen LogP contribution in [0.3, 0.4) is 0 Å². The number of hydrogen-bond donors (Lipinski definition) is 2. The highest BCUT2D eigenvalue weighted by molar-refractivity contribution is 6.35. The number of rotatable bonds is 6. The zero-order valence-electron chi connectivity index (χ0n) is 12.9. The summed E-state index contributed by atoms with van der Waals surface area (Å²) >= 11 is 17.6. The number of ether oxygens (including phenoxy) is 2. The molecule has 0 aliphatic carbocycles. The van der Waals surface area contributed by atoms with Crippen LogP contribution in [0.1, 0.15) is 5.56 Å². The third-order valence-electron chi connectivity index (χ3n) is 2.93. The molecule has 0 aliphatic heterocycles. The molecule has 25 heavy (non-hydrogen) atoms. The predicted molar refractivity (Wildman–Crippen MR) is 97.4 cm³/mol. The van der Waals surface area contributed by atoms with E-state index in [4.69, 9.17) is 44.3 Å². The van der Waals surface area contributed by atoms with Gasteiger partial charge in [-0.2, -0.15) is 5.10 Å². The van der Waals surface area contributed by atoms with Gasteiger partial charge >= 0.3 is 0 Å². The Morgan fingerprint density at radius 1 is 1.20 bits per heavy atom. The van der Waals surface area contributed by atoms with Gasteiger partial charge in [0.15, 0.2) is 18.1 Å². The molecule has 2 rings (SSSR count). The van der Waals surface area contributed by atoms with E-state index in [1.165, 1.54) is 31.5 Å². The Bertz CT molecular complexity index is 812. The van der Waals surface area contributed by atoms with Gasteiger partial charge in [-0.25, -0.2) is 5.43 Å². The molecule has 0 aliphatic rings. The third kappa shape index (κ3) is 5.42. The minimum Gasteiger partial charge on any atom is -0.504 e. The highest BCUT2D eigenvalue weighted by Crippen LogP contribution is 2.32. The van der Waals surface area contributed by atoms with Crippen LogP contribution >= 0.6 is 34.8 Å². The quantitative estimate of drug-likeness (QED) is 0.566. The minimum absolute atomic E-state index is 0.144. The van der Waals surface area contributed by atoms with Crippen molar-refractivity contribution < 1.29 is 19.4 Å². The number of aromatic hydroxyl groups is 1. The van der Waals surface area contributed by atoms with Crippen LogP contribution < -0.4 is 14.9 Å². The molecule has 0 fully saturated rings. The van der Waals surface area contributed by atoms with E-state index in [0.717, 1.165) is 0 Å². The summed E-state index contributed by atoms with van der Waals surface area (Å²) in [6.45, 7) is -0.302. The first-order chi connectivity index (χ1) is 11.9. The molecule has 2 N–H and O–H groups in total. The monoisotopic (exact) mass is 402 g/mol. The molecule has 132 valence electrons. The van der Waals surface area contributed by atoms with E-state index in [-0.39, 0.29) is 23.7 Å². The van der Waals surface area contributed by atoms with Crippen molar-refractivity contribution >= 4 is 46.9 Å². The standard InChI is InChI=1S/C16H13Cl3N2O4/c1-24-14-6-11(18)4-9(16(14)23)7-20-21-15(22)8-25-13-3-2-10(17)5-12(13)19/h2-7,23H,8H2,1H3,(H,21,22)/b20-7+. The summed E-state index contributed by atoms with van der Waals surface area (Å²) < 4.78 is 10.2. The van der Waals surface area contributed by atoms with Gasteiger partial charge in [-0.3, -0.25) is 4.79 Å². The van der Waals surface area contributed by atoms with Crippen LogP contribution in [0, 0.1) is 0 Å². The lowest BCUT2D eigenvalue weighted by molar-refractivity contribution is -0.123. The summed E-state index contributed by atoms with van der Waals surface area (Å²) in [5, 5.41) is 14.8. The second kappa shape index (κ2) is 8.80. The molecule has 9 heteroatoms. The average molecular weight is 404 g/mol. The number of benzene rings is 2. The number of amides is 1. The Labute approximate surface area is 158 Å². The van der Waals surface area contributed by atoms with Crippen molar-refractivity contribution in [1.82, 2.24) is 5.43 Å². The van der Waals surface area contributed by atoms with Gasteiger partial charge in [-0.05, 0) is 24.3 Å². The number of nitrogens with zero attached hydrogens (tertiary/aromatic N) is 1. The topological polar surface area (TPSA) is 80.2 Å². The van der Waals surface area contributed by atoms with Gasteiger partial charge in [0.25, 0.3) is 5.91 Å². The average Bonchev–Trinajstić information content (AvgIpc) is 2.56. The van der Waals surface area contributed by atoms with Crippen molar-refractivity contribution in [2.75, 3.05) is 13.7 Å². The zero-order valence-corrected chi connectivity index (χ0v) is 15.2. The van der Waals surface area contributed by atoms with Crippen molar-refractivity contribution in [3.05, 3.63) is 51.0 Å². The number of methoxy groups -OCH3 is 1. The number of hydrogen-bond acceptors (Lipinski definition) is 5. The van der Waals surface area contributed by atoms with Crippen LogP contribution in [0.4, 0.5) is 0 Å². The molecule has 0 heterocycles. The first-order valence-corrected chi connectivity index (χ1v) is 8.00. The third-order valence-corrected chi connectivity index (χ3v) is 3.68. The Hall–Kier alpha value is -2.15. The van der Waals surface area contributed by atoms with E-state index in [1.807, 2.05) is 0 Å². The van der Waals surface area contributed by atoms with E-state index < -0.39 is 5.91 Å². The molecule has 0 aromatic heterocycles. The number of halogens is 3. The fourth-order valence-electron chi connectivity index (χ4n) is 1.79. The Balaban J connectivity index is 1.93. The summed E-state index contributed by atoms with van der Waals surface area (Å²) in [6, 6.07) is 7.57. The second-order valence-corrected chi connectivity index (χ2v) is 5.98. The number of phenols is 1. The molecule has 0 unspecified atom stereocenters. The summed E-state index contributed by atoms with van der Waals surface area (Å²) in [6.07, 6.45) is 1.23. The molecule has 0 bridgehead atoms. The Morgan fingerprint density at radius 2 is 1.96 bits per heavy atom. The van der Waals surface area contributed by atoms with Gasteiger partial charge in [-0.15, -0.1) is 0 Å². The van der Waals surface area contributed by atoms with E-state index >= 15 is 0 Å². The summed E-state index contributed by atoms with van der Waals surface area (Å²) in [5.41, 5.74) is 2.54. The molecule has 0 spiro atoms. The smallest absolute Gasteiger partial charge is 0.277 e. The van der Waals surface area contributed by atoms with Crippen molar-refractivity contribution in [2.24, 2.45) is 5.10 Å². The van der Waals surface area contributed by atoms with Gasteiger partial charge in [0.05, 0.1) is 18.3 Å². The number of hydrazone groups is 1. The Kier molecular flexibility index (Phi) is 6.75. The molecule has 0 radical (unpaired) electrons. The molecule has 2 aromatic rings. The van der Waals surface area contributed by atoms with Crippen LogP contribution in [0.25, 0.3) is 0 Å². The maximum Gasteiger partial charge on any atom is 0.277 e. The van der Waals surface area contributed by atoms with Crippen molar-refractivity contribution in [3.63, 3.8) is 0 Å². The van der Waals surface area contributed by atoms with Crippen LogP contribution in [-0.4, -0.2) is 30.9 Å². The lowest BCUT2D eigenvalue weighted by Crippen LogP contribution is -2.24. The first kappa shape index (κ1) is 19.2. The fourth-order valence-corrected chi connectivity index (χ4v) is 2.47. The van der Waals surface area contributed by atoms with Crippen molar-refractivity contribution in [2.45, 2.75) is 0 Å². The van der Waals surface area contributed by atoms with Crippen LogP contribution in [0.15, 0.2) is 35.4 Å². The van der Waals surface area contributed by atoms with E-state index in [1.54, 1.807) is 12.1 Å². The minimum atomic E-state index is -0.518. The van der Waals surface area contributed by atoms with E-state index in [9.17, 15) is 9.90 Å². The SMILES string of the molecule is COc1cc(Cl)cc(/C=N/NC(=O)COc2ccc(Cl)cc2Cl)c1O. The molecule has 2 aromatic carbocycles. The van der Waals surface area contributed by atoms with Crippen LogP contribution in [0.5, 0.6) is 17.2 Å². The highest BCUT2D eigenvalue weighted by Gasteiger charge is 2.09. The highest BCUT2D eigenvalue weighted by atomic mass is 35.5. The maximum absolute atomic E-state index is 11.7. The van der Waals surface area contributed by atoms with Crippen molar-refractivity contribution in [1.29, 1.82) is 0 Å². The number of carbonyl (C=O) groups excluding carboxylic acids is 1. The maximum atomic E-state index is 11.7. The number of carbonyl (C=O) groups is 1. The second-order valence-electron chi connectivity index (χ2n) is 4.70. The van der Waals surface area contributed by atoms with Gasteiger partial charge in [0.2, 0.25) is 0 Å². The predicted octanol–water partition coefficient (Wildman–Crippen LogP) is 3.89.